The van der Waals surface area contributed by atoms with Crippen LogP contribution in [-0.4, -0.2) is 45.0 Å². The van der Waals surface area contributed by atoms with Crippen molar-refractivity contribution in [2.45, 2.75) is 44.6 Å². The van der Waals surface area contributed by atoms with Crippen LogP contribution in [0.3, 0.4) is 0 Å². The van der Waals surface area contributed by atoms with Crippen molar-refractivity contribution in [3.8, 4) is 0 Å². The minimum absolute atomic E-state index is 0.0145. The van der Waals surface area contributed by atoms with Crippen LogP contribution in [0.1, 0.15) is 38.5 Å². The maximum Gasteiger partial charge on any atom is 0.220 e. The van der Waals surface area contributed by atoms with Gasteiger partial charge >= 0.3 is 0 Å². The van der Waals surface area contributed by atoms with Gasteiger partial charge < -0.3 is 10.6 Å². The predicted molar refractivity (Wildman–Crippen MR) is 74.6 cm³/mol. The first kappa shape index (κ1) is 14.8. The highest BCUT2D eigenvalue weighted by molar-refractivity contribution is 7.91. The minimum atomic E-state index is -2.94. The Bertz CT molecular complexity index is 402. The molecule has 2 saturated heterocycles. The van der Waals surface area contributed by atoms with Gasteiger partial charge in [-0.05, 0) is 51.1 Å². The molecule has 19 heavy (non-hydrogen) atoms. The van der Waals surface area contributed by atoms with Crippen molar-refractivity contribution >= 4 is 15.7 Å². The van der Waals surface area contributed by atoms with Crippen molar-refractivity contribution in [3.63, 3.8) is 0 Å². The van der Waals surface area contributed by atoms with Gasteiger partial charge in [-0.15, -0.1) is 0 Å². The van der Waals surface area contributed by atoms with Crippen LogP contribution >= 0.6 is 0 Å². The summed E-state index contributed by atoms with van der Waals surface area (Å²) >= 11 is 0. The fraction of sp³-hybridized carbons (Fsp3) is 0.923. The minimum Gasteiger partial charge on any atom is -0.352 e. The average molecular weight is 288 g/mol. The molecule has 0 aromatic heterocycles. The fourth-order valence-corrected chi connectivity index (χ4v) is 4.58. The third-order valence-electron chi connectivity index (χ3n) is 4.07. The summed E-state index contributed by atoms with van der Waals surface area (Å²) in [5, 5.41) is 6.19. The highest BCUT2D eigenvalue weighted by atomic mass is 32.2. The normalized spacial score (nSPS) is 27.9. The summed E-state index contributed by atoms with van der Waals surface area (Å²) in [5.74, 6) is 1.04. The summed E-state index contributed by atoms with van der Waals surface area (Å²) in [6, 6.07) is -0.167. The third-order valence-corrected chi connectivity index (χ3v) is 5.89. The maximum absolute atomic E-state index is 11.8. The molecule has 2 aliphatic heterocycles. The second-order valence-electron chi connectivity index (χ2n) is 5.75. The van der Waals surface area contributed by atoms with Gasteiger partial charge in [-0.2, -0.15) is 0 Å². The molecule has 1 unspecified atom stereocenters. The van der Waals surface area contributed by atoms with Crippen LogP contribution in [-0.2, 0) is 14.6 Å². The largest absolute Gasteiger partial charge is 0.352 e. The summed E-state index contributed by atoms with van der Waals surface area (Å²) in [4.78, 5) is 11.8. The fourth-order valence-electron chi connectivity index (χ4n) is 2.94. The molecule has 1 atom stereocenters. The van der Waals surface area contributed by atoms with E-state index in [2.05, 4.69) is 10.6 Å². The Balaban J connectivity index is 1.69. The Hall–Kier alpha value is -0.620. The van der Waals surface area contributed by atoms with Crippen molar-refractivity contribution in [1.29, 1.82) is 0 Å². The van der Waals surface area contributed by atoms with Crippen LogP contribution in [0.5, 0.6) is 0 Å². The van der Waals surface area contributed by atoms with Crippen LogP contribution in [0, 0.1) is 5.92 Å². The van der Waals surface area contributed by atoms with Crippen LogP contribution in [0.25, 0.3) is 0 Å². The summed E-state index contributed by atoms with van der Waals surface area (Å²) in [7, 11) is -2.94. The molecule has 6 heteroatoms. The molecular weight excluding hydrogens is 264 g/mol. The van der Waals surface area contributed by atoms with Gasteiger partial charge in [0.1, 0.15) is 0 Å². The molecule has 2 rings (SSSR count). The van der Waals surface area contributed by atoms with E-state index in [1.54, 1.807) is 0 Å². The van der Waals surface area contributed by atoms with Crippen LogP contribution in [0.2, 0.25) is 0 Å². The molecule has 2 aliphatic rings. The molecule has 0 bridgehead atoms. The lowest BCUT2D eigenvalue weighted by Crippen LogP contribution is -2.43. The summed E-state index contributed by atoms with van der Waals surface area (Å²) < 4.78 is 23.0. The van der Waals surface area contributed by atoms with Gasteiger partial charge in [-0.1, -0.05) is 0 Å². The van der Waals surface area contributed by atoms with Gasteiger partial charge in [0, 0.05) is 12.5 Å². The van der Waals surface area contributed by atoms with E-state index < -0.39 is 9.84 Å². The van der Waals surface area contributed by atoms with E-state index in [-0.39, 0.29) is 23.5 Å². The number of sulfone groups is 1. The SMILES string of the molecule is O=C(CCC1CCNCC1)NC1CCCS(=O)(=O)C1. The van der Waals surface area contributed by atoms with Gasteiger partial charge in [0.25, 0.3) is 0 Å². The highest BCUT2D eigenvalue weighted by Crippen LogP contribution is 2.18. The number of piperidine rings is 1. The zero-order valence-corrected chi connectivity index (χ0v) is 12.2. The Morgan fingerprint density at radius 1 is 1.21 bits per heavy atom. The molecule has 0 aliphatic carbocycles. The van der Waals surface area contributed by atoms with E-state index in [0.29, 0.717) is 18.8 Å². The second-order valence-corrected chi connectivity index (χ2v) is 7.98. The van der Waals surface area contributed by atoms with Gasteiger partial charge in [0.05, 0.1) is 11.5 Å². The smallest absolute Gasteiger partial charge is 0.220 e. The molecule has 2 fully saturated rings. The van der Waals surface area contributed by atoms with Crippen LogP contribution < -0.4 is 10.6 Å². The van der Waals surface area contributed by atoms with E-state index >= 15 is 0 Å². The molecule has 5 nitrogen and oxygen atoms in total. The van der Waals surface area contributed by atoms with Crippen molar-refractivity contribution in [3.05, 3.63) is 0 Å². The van der Waals surface area contributed by atoms with Gasteiger partial charge in [0.2, 0.25) is 5.91 Å². The first-order valence-corrected chi connectivity index (χ1v) is 9.08. The maximum atomic E-state index is 11.8. The molecule has 0 saturated carbocycles. The zero-order chi connectivity index (χ0) is 13.7. The molecule has 0 aromatic carbocycles. The van der Waals surface area contributed by atoms with Gasteiger partial charge in [-0.3, -0.25) is 4.79 Å². The lowest BCUT2D eigenvalue weighted by molar-refractivity contribution is -0.122. The molecule has 1 amide bonds. The van der Waals surface area contributed by atoms with E-state index in [0.717, 1.165) is 38.8 Å². The van der Waals surface area contributed by atoms with Crippen LogP contribution in [0.4, 0.5) is 0 Å². The van der Waals surface area contributed by atoms with Crippen LogP contribution in [0.15, 0.2) is 0 Å². The topological polar surface area (TPSA) is 75.3 Å². The monoisotopic (exact) mass is 288 g/mol. The average Bonchev–Trinajstić information content (AvgIpc) is 2.36. The first-order chi connectivity index (χ1) is 9.05. The van der Waals surface area contributed by atoms with Crippen molar-refractivity contribution in [2.75, 3.05) is 24.6 Å². The number of carbonyl (C=O) groups excluding carboxylic acids is 1. The molecular formula is C13H24N2O3S. The number of carbonyl (C=O) groups is 1. The van der Waals surface area contributed by atoms with E-state index in [9.17, 15) is 13.2 Å². The second kappa shape index (κ2) is 6.70. The third kappa shape index (κ3) is 5.10. The number of amides is 1. The Labute approximate surface area is 115 Å². The summed E-state index contributed by atoms with van der Waals surface area (Å²) in [6.45, 7) is 2.10. The summed E-state index contributed by atoms with van der Waals surface area (Å²) in [5.41, 5.74) is 0. The molecule has 0 aromatic rings. The Morgan fingerprint density at radius 3 is 2.63 bits per heavy atom. The zero-order valence-electron chi connectivity index (χ0n) is 11.4. The van der Waals surface area contributed by atoms with E-state index in [1.165, 1.54) is 0 Å². The number of rotatable bonds is 4. The van der Waals surface area contributed by atoms with Crippen molar-refractivity contribution < 1.29 is 13.2 Å². The molecule has 2 heterocycles. The summed E-state index contributed by atoms with van der Waals surface area (Å²) in [6.07, 6.45) is 5.20. The van der Waals surface area contributed by atoms with Gasteiger partial charge in [0.15, 0.2) is 9.84 Å². The molecule has 0 spiro atoms. The Kier molecular flexibility index (Phi) is 5.21. The van der Waals surface area contributed by atoms with E-state index in [1.807, 2.05) is 0 Å². The van der Waals surface area contributed by atoms with Gasteiger partial charge in [-0.25, -0.2) is 8.42 Å². The number of nitrogens with one attached hydrogen (secondary N) is 2. The number of hydrogen-bond acceptors (Lipinski definition) is 4. The standard InChI is InChI=1S/C13H24N2O3S/c16-13(4-3-11-5-7-14-8-6-11)15-12-2-1-9-19(17,18)10-12/h11-12,14H,1-10H2,(H,15,16). The predicted octanol–water partition coefficient (Wildman–Crippen LogP) is 0.460. The quantitative estimate of drug-likeness (QED) is 0.788. The molecule has 0 radical (unpaired) electrons. The Morgan fingerprint density at radius 2 is 1.95 bits per heavy atom. The molecule has 110 valence electrons. The lowest BCUT2D eigenvalue weighted by Gasteiger charge is -2.24. The molecule has 2 N–H and O–H groups in total. The van der Waals surface area contributed by atoms with Crippen molar-refractivity contribution in [2.24, 2.45) is 5.92 Å². The lowest BCUT2D eigenvalue weighted by atomic mass is 9.93. The number of hydrogen-bond donors (Lipinski definition) is 2. The first-order valence-electron chi connectivity index (χ1n) is 7.26. The highest BCUT2D eigenvalue weighted by Gasteiger charge is 2.26. The van der Waals surface area contributed by atoms with Crippen molar-refractivity contribution in [1.82, 2.24) is 10.6 Å². The van der Waals surface area contributed by atoms with E-state index in [4.69, 9.17) is 0 Å².